The molecule has 1 heterocycles. The van der Waals surface area contributed by atoms with Gasteiger partial charge in [0.1, 0.15) is 22.4 Å². The number of nitrogens with two attached hydrogens (primary N) is 2. The summed E-state index contributed by atoms with van der Waals surface area (Å²) in [5.74, 6) is -0.779. The molecule has 2 aromatic carbocycles. The number of nitrogens with one attached hydrogen (secondary N) is 1. The maximum atomic E-state index is 14.3. The van der Waals surface area contributed by atoms with Crippen LogP contribution in [0.2, 0.25) is 0 Å². The zero-order chi connectivity index (χ0) is 27.9. The van der Waals surface area contributed by atoms with Crippen LogP contribution in [0.5, 0.6) is 11.5 Å². The number of methoxy groups -OCH3 is 1. The molecule has 0 bridgehead atoms. The first-order chi connectivity index (χ1) is 18.8. The van der Waals surface area contributed by atoms with Gasteiger partial charge in [0.25, 0.3) is 11.8 Å². The van der Waals surface area contributed by atoms with Crippen molar-refractivity contribution < 1.29 is 23.9 Å². The van der Waals surface area contributed by atoms with Gasteiger partial charge in [-0.15, -0.1) is 0 Å². The Morgan fingerprint density at radius 3 is 2.41 bits per heavy atom. The van der Waals surface area contributed by atoms with Crippen LogP contribution in [0.25, 0.3) is 0 Å². The largest absolute Gasteiger partial charge is 0.495 e. The lowest BCUT2D eigenvalue weighted by atomic mass is 9.94. The number of para-hydroxylation sites is 2. The summed E-state index contributed by atoms with van der Waals surface area (Å²) >= 11 is 0.759. The second kappa shape index (κ2) is 12.6. The third-order valence-electron chi connectivity index (χ3n) is 6.68. The summed E-state index contributed by atoms with van der Waals surface area (Å²) in [6.07, 6.45) is 4.93. The molecule has 1 fully saturated rings. The van der Waals surface area contributed by atoms with Gasteiger partial charge >= 0.3 is 0 Å². The van der Waals surface area contributed by atoms with E-state index in [1.807, 2.05) is 6.92 Å². The molecule has 4 rings (SSSR count). The molecule has 0 aliphatic heterocycles. The number of anilines is 2. The van der Waals surface area contributed by atoms with Gasteiger partial charge in [-0.3, -0.25) is 19.3 Å². The first kappa shape index (κ1) is 27.9. The number of benzene rings is 2. The summed E-state index contributed by atoms with van der Waals surface area (Å²) in [6.45, 7) is 2.37. The van der Waals surface area contributed by atoms with Crippen molar-refractivity contribution in [2.45, 2.75) is 51.1 Å². The van der Waals surface area contributed by atoms with E-state index in [0.29, 0.717) is 29.4 Å². The number of amides is 3. The van der Waals surface area contributed by atoms with Crippen LogP contribution in [0.1, 0.15) is 70.8 Å². The van der Waals surface area contributed by atoms with Crippen molar-refractivity contribution in [3.8, 4) is 11.5 Å². The fourth-order valence-electron chi connectivity index (χ4n) is 4.79. The van der Waals surface area contributed by atoms with Gasteiger partial charge in [0.2, 0.25) is 5.91 Å². The van der Waals surface area contributed by atoms with Crippen LogP contribution in [0.3, 0.4) is 0 Å². The Kier molecular flexibility index (Phi) is 9.03. The maximum absolute atomic E-state index is 14.3. The Bertz CT molecular complexity index is 1320. The van der Waals surface area contributed by atoms with Gasteiger partial charge < -0.3 is 26.3 Å². The summed E-state index contributed by atoms with van der Waals surface area (Å²) in [5, 5.41) is 3.17. The molecule has 1 aliphatic rings. The molecule has 0 radical (unpaired) electrons. The Hall–Kier alpha value is -4.12. The molecule has 0 spiro atoms. The summed E-state index contributed by atoms with van der Waals surface area (Å²) in [6, 6.07) is 12.9. The number of primary amides is 1. The number of ether oxygens (including phenoxy) is 2. The molecule has 3 amide bonds. The summed E-state index contributed by atoms with van der Waals surface area (Å²) in [4.78, 5) is 41.5. The van der Waals surface area contributed by atoms with Crippen molar-refractivity contribution in [1.82, 2.24) is 9.69 Å². The number of nitrogens with zero attached hydrogens (tertiary/aromatic N) is 2. The number of rotatable bonds is 10. The highest BCUT2D eigenvalue weighted by molar-refractivity contribution is 7.09. The van der Waals surface area contributed by atoms with Crippen LogP contribution in [-0.2, 0) is 4.79 Å². The van der Waals surface area contributed by atoms with E-state index in [1.54, 1.807) is 48.5 Å². The summed E-state index contributed by atoms with van der Waals surface area (Å²) in [7, 11) is 1.49. The number of carbonyl (C=O) groups is 3. The SMILES string of the molecule is CCOc1ccc(C(C(=O)NC2CCCCC2)N(C(=O)c2snc(C(N)=O)c2N)c2ccccc2OC)cc1. The van der Waals surface area contributed by atoms with Crippen molar-refractivity contribution in [2.75, 3.05) is 24.4 Å². The van der Waals surface area contributed by atoms with Gasteiger partial charge in [-0.2, -0.15) is 4.37 Å². The number of hydrogen-bond acceptors (Lipinski definition) is 8. The summed E-state index contributed by atoms with van der Waals surface area (Å²) in [5.41, 5.74) is 12.2. The lowest BCUT2D eigenvalue weighted by molar-refractivity contribution is -0.123. The lowest BCUT2D eigenvalue weighted by Crippen LogP contribution is -2.47. The molecule has 1 unspecified atom stereocenters. The van der Waals surface area contributed by atoms with Crippen LogP contribution in [0.4, 0.5) is 11.4 Å². The molecule has 1 atom stereocenters. The maximum Gasteiger partial charge on any atom is 0.273 e. The Labute approximate surface area is 231 Å². The van der Waals surface area contributed by atoms with Crippen LogP contribution < -0.4 is 31.2 Å². The van der Waals surface area contributed by atoms with Crippen molar-refractivity contribution in [3.63, 3.8) is 0 Å². The normalized spacial score (nSPS) is 14.3. The molecule has 39 heavy (non-hydrogen) atoms. The quantitative estimate of drug-likeness (QED) is 0.344. The molecular weight excluding hydrogens is 518 g/mol. The predicted octanol–water partition coefficient (Wildman–Crippen LogP) is 4.07. The topological polar surface area (TPSA) is 150 Å². The molecule has 11 heteroatoms. The van der Waals surface area contributed by atoms with E-state index in [1.165, 1.54) is 12.0 Å². The van der Waals surface area contributed by atoms with E-state index in [-0.39, 0.29) is 28.2 Å². The third kappa shape index (κ3) is 6.14. The van der Waals surface area contributed by atoms with Gasteiger partial charge in [0.05, 0.1) is 25.1 Å². The van der Waals surface area contributed by atoms with Gasteiger partial charge in [-0.05, 0) is 61.1 Å². The van der Waals surface area contributed by atoms with Crippen LogP contribution in [0.15, 0.2) is 48.5 Å². The lowest BCUT2D eigenvalue weighted by Gasteiger charge is -2.34. The van der Waals surface area contributed by atoms with E-state index in [4.69, 9.17) is 20.9 Å². The van der Waals surface area contributed by atoms with Gasteiger partial charge in [-0.25, -0.2) is 0 Å². The molecule has 206 valence electrons. The average molecular weight is 552 g/mol. The van der Waals surface area contributed by atoms with Gasteiger partial charge in [-0.1, -0.05) is 43.5 Å². The highest BCUT2D eigenvalue weighted by Gasteiger charge is 2.38. The molecular formula is C28H33N5O5S. The Morgan fingerprint density at radius 2 is 1.79 bits per heavy atom. The molecule has 10 nitrogen and oxygen atoms in total. The number of aromatic nitrogens is 1. The molecule has 1 aromatic heterocycles. The van der Waals surface area contributed by atoms with Crippen molar-refractivity contribution >= 4 is 40.6 Å². The first-order valence-corrected chi connectivity index (χ1v) is 13.7. The van der Waals surface area contributed by atoms with E-state index in [2.05, 4.69) is 9.69 Å². The highest BCUT2D eigenvalue weighted by atomic mass is 32.1. The minimum Gasteiger partial charge on any atom is -0.495 e. The number of hydrogen-bond donors (Lipinski definition) is 3. The Morgan fingerprint density at radius 1 is 1.10 bits per heavy atom. The Balaban J connectivity index is 1.86. The standard InChI is InChI=1S/C28H33N5O5S/c1-3-38-19-15-13-17(14-16-19)24(27(35)31-18-9-5-4-6-10-18)33(20-11-7-8-12-21(20)37-2)28(36)25-22(29)23(26(30)34)32-39-25/h7-8,11-16,18,24H,3-6,9-10,29H2,1-2H3,(H2,30,34)(H,31,35). The van der Waals surface area contributed by atoms with E-state index >= 15 is 0 Å². The minimum atomic E-state index is -1.09. The van der Waals surface area contributed by atoms with Crippen LogP contribution in [0, 0.1) is 0 Å². The van der Waals surface area contributed by atoms with Gasteiger partial charge in [0, 0.05) is 6.04 Å². The predicted molar refractivity (Wildman–Crippen MR) is 150 cm³/mol. The molecule has 0 saturated heterocycles. The molecule has 5 N–H and O–H groups in total. The van der Waals surface area contributed by atoms with Crippen LogP contribution >= 0.6 is 11.5 Å². The molecule has 1 saturated carbocycles. The van der Waals surface area contributed by atoms with Gasteiger partial charge in [0.15, 0.2) is 5.69 Å². The minimum absolute atomic E-state index is 0.000932. The van der Waals surface area contributed by atoms with E-state index in [0.717, 1.165) is 43.6 Å². The second-order valence-corrected chi connectivity index (χ2v) is 10.0. The van der Waals surface area contributed by atoms with Crippen molar-refractivity contribution in [1.29, 1.82) is 0 Å². The molecule has 3 aromatic rings. The third-order valence-corrected chi connectivity index (χ3v) is 7.54. The fourth-order valence-corrected chi connectivity index (χ4v) is 5.53. The van der Waals surface area contributed by atoms with E-state index in [9.17, 15) is 14.4 Å². The molecule has 1 aliphatic carbocycles. The smallest absolute Gasteiger partial charge is 0.273 e. The van der Waals surface area contributed by atoms with Crippen LogP contribution in [-0.4, -0.2) is 41.9 Å². The first-order valence-electron chi connectivity index (χ1n) is 12.9. The monoisotopic (exact) mass is 551 g/mol. The zero-order valence-corrected chi connectivity index (χ0v) is 22.8. The fraction of sp³-hybridized carbons (Fsp3) is 0.357. The second-order valence-electron chi connectivity index (χ2n) is 9.23. The number of nitrogen functional groups attached to an aromatic ring is 1. The highest BCUT2D eigenvalue weighted by Crippen LogP contribution is 2.38. The number of carbonyl (C=O) groups excluding carboxylic acids is 3. The zero-order valence-electron chi connectivity index (χ0n) is 22.0. The average Bonchev–Trinajstić information content (AvgIpc) is 3.34. The van der Waals surface area contributed by atoms with Crippen molar-refractivity contribution in [2.24, 2.45) is 5.73 Å². The van der Waals surface area contributed by atoms with Crippen molar-refractivity contribution in [3.05, 3.63) is 64.7 Å². The van der Waals surface area contributed by atoms with E-state index < -0.39 is 17.9 Å². The summed E-state index contributed by atoms with van der Waals surface area (Å²) < 4.78 is 15.2.